The summed E-state index contributed by atoms with van der Waals surface area (Å²) in [6.45, 7) is 4.07. The van der Waals surface area contributed by atoms with Crippen molar-refractivity contribution in [1.29, 1.82) is 0 Å². The van der Waals surface area contributed by atoms with Gasteiger partial charge in [0.2, 0.25) is 0 Å². The summed E-state index contributed by atoms with van der Waals surface area (Å²) in [6.07, 6.45) is -5.02. The van der Waals surface area contributed by atoms with Crippen LogP contribution in [-0.2, 0) is 4.79 Å². The maximum Gasteiger partial charge on any atom is 0.406 e. The SMILES string of the molecule is CC(C)CN1CCC(C(=O)O)(C(F)(F)F)C1. The highest BCUT2D eigenvalue weighted by Crippen LogP contribution is 2.45. The van der Waals surface area contributed by atoms with Crippen LogP contribution in [0.3, 0.4) is 0 Å². The predicted octanol–water partition coefficient (Wildman–Crippen LogP) is 1.98. The van der Waals surface area contributed by atoms with Crippen LogP contribution < -0.4 is 0 Å². The Balaban J connectivity index is 2.82. The van der Waals surface area contributed by atoms with Crippen molar-refractivity contribution in [3.8, 4) is 0 Å². The maximum absolute atomic E-state index is 12.8. The largest absolute Gasteiger partial charge is 0.481 e. The van der Waals surface area contributed by atoms with E-state index in [4.69, 9.17) is 5.11 Å². The molecular formula is C10H16F3NO2. The van der Waals surface area contributed by atoms with E-state index in [9.17, 15) is 18.0 Å². The lowest BCUT2D eigenvalue weighted by Gasteiger charge is -2.27. The van der Waals surface area contributed by atoms with Gasteiger partial charge in [0.25, 0.3) is 0 Å². The number of rotatable bonds is 3. The molecule has 6 heteroatoms. The van der Waals surface area contributed by atoms with E-state index in [-0.39, 0.29) is 18.9 Å². The molecule has 0 aliphatic carbocycles. The van der Waals surface area contributed by atoms with Gasteiger partial charge in [-0.05, 0) is 18.9 Å². The Morgan fingerprint density at radius 3 is 2.38 bits per heavy atom. The molecule has 0 bridgehead atoms. The third-order valence-corrected chi connectivity index (χ3v) is 2.92. The topological polar surface area (TPSA) is 40.5 Å². The Bertz CT molecular complexity index is 278. The zero-order valence-electron chi connectivity index (χ0n) is 9.34. The molecule has 1 aliphatic rings. The van der Waals surface area contributed by atoms with Crippen LogP contribution in [-0.4, -0.2) is 41.8 Å². The van der Waals surface area contributed by atoms with Crippen LogP contribution in [0.25, 0.3) is 0 Å². The fourth-order valence-electron chi connectivity index (χ4n) is 2.09. The molecule has 1 fully saturated rings. The van der Waals surface area contributed by atoms with E-state index in [2.05, 4.69) is 0 Å². The Kier molecular flexibility index (Phi) is 3.52. The molecule has 0 aromatic rings. The molecule has 3 nitrogen and oxygen atoms in total. The Labute approximate surface area is 92.2 Å². The third kappa shape index (κ3) is 2.31. The summed E-state index contributed by atoms with van der Waals surface area (Å²) in [7, 11) is 0. The van der Waals surface area contributed by atoms with Crippen molar-refractivity contribution in [2.24, 2.45) is 11.3 Å². The zero-order valence-corrected chi connectivity index (χ0v) is 9.34. The summed E-state index contributed by atoms with van der Waals surface area (Å²) in [6, 6.07) is 0. The van der Waals surface area contributed by atoms with Gasteiger partial charge in [-0.25, -0.2) is 0 Å². The minimum atomic E-state index is -4.68. The quantitative estimate of drug-likeness (QED) is 0.818. The van der Waals surface area contributed by atoms with E-state index < -0.39 is 24.1 Å². The maximum atomic E-state index is 12.8. The van der Waals surface area contributed by atoms with E-state index in [1.165, 1.54) is 0 Å². The van der Waals surface area contributed by atoms with E-state index in [0.29, 0.717) is 6.54 Å². The summed E-state index contributed by atoms with van der Waals surface area (Å²) in [5, 5.41) is 8.80. The molecule has 1 unspecified atom stereocenters. The Morgan fingerprint density at radius 2 is 2.06 bits per heavy atom. The summed E-state index contributed by atoms with van der Waals surface area (Å²) in [5.41, 5.74) is -2.57. The molecule has 0 aromatic carbocycles. The van der Waals surface area contributed by atoms with Crippen molar-refractivity contribution >= 4 is 5.97 Å². The molecule has 0 radical (unpaired) electrons. The number of carboxylic acid groups (broad SMARTS) is 1. The van der Waals surface area contributed by atoms with E-state index >= 15 is 0 Å². The Morgan fingerprint density at radius 1 is 1.50 bits per heavy atom. The van der Waals surface area contributed by atoms with Crippen molar-refractivity contribution in [3.63, 3.8) is 0 Å². The first kappa shape index (κ1) is 13.3. The van der Waals surface area contributed by atoms with Gasteiger partial charge in [0.05, 0.1) is 0 Å². The third-order valence-electron chi connectivity index (χ3n) is 2.92. The second-order valence-electron chi connectivity index (χ2n) is 4.76. The van der Waals surface area contributed by atoms with Crippen LogP contribution in [0.1, 0.15) is 20.3 Å². The van der Waals surface area contributed by atoms with Crippen molar-refractivity contribution in [3.05, 3.63) is 0 Å². The van der Waals surface area contributed by atoms with Crippen molar-refractivity contribution in [2.75, 3.05) is 19.6 Å². The lowest BCUT2D eigenvalue weighted by molar-refractivity contribution is -0.227. The molecule has 0 aromatic heterocycles. The number of carbonyl (C=O) groups is 1. The second kappa shape index (κ2) is 4.24. The minimum absolute atomic E-state index is 0.198. The first-order chi connectivity index (χ1) is 7.19. The van der Waals surface area contributed by atoms with Gasteiger partial charge in [-0.15, -0.1) is 0 Å². The van der Waals surface area contributed by atoms with Crippen LogP contribution >= 0.6 is 0 Å². The van der Waals surface area contributed by atoms with Crippen LogP contribution in [0.4, 0.5) is 13.2 Å². The molecule has 16 heavy (non-hydrogen) atoms. The smallest absolute Gasteiger partial charge is 0.406 e. The Hall–Kier alpha value is -0.780. The van der Waals surface area contributed by atoms with Crippen molar-refractivity contribution < 1.29 is 23.1 Å². The van der Waals surface area contributed by atoms with Crippen LogP contribution in [0, 0.1) is 11.3 Å². The summed E-state index contributed by atoms with van der Waals surface area (Å²) < 4.78 is 38.3. The fraction of sp³-hybridized carbons (Fsp3) is 0.900. The first-order valence-electron chi connectivity index (χ1n) is 5.21. The molecule has 0 amide bonds. The first-order valence-corrected chi connectivity index (χ1v) is 5.21. The van der Waals surface area contributed by atoms with E-state index in [0.717, 1.165) is 0 Å². The molecule has 0 saturated carbocycles. The number of nitrogens with zero attached hydrogens (tertiary/aromatic N) is 1. The number of likely N-dealkylation sites (tertiary alicyclic amines) is 1. The second-order valence-corrected chi connectivity index (χ2v) is 4.76. The average Bonchev–Trinajstić information content (AvgIpc) is 2.46. The van der Waals surface area contributed by atoms with Gasteiger partial charge in [0, 0.05) is 13.1 Å². The molecule has 0 spiro atoms. The number of carboxylic acids is 1. The number of halogens is 3. The normalized spacial score (nSPS) is 27.6. The number of hydrogen-bond acceptors (Lipinski definition) is 2. The lowest BCUT2D eigenvalue weighted by atomic mass is 9.86. The standard InChI is InChI=1S/C10H16F3NO2/c1-7(2)5-14-4-3-9(6-14,8(15)16)10(11,12)13/h7H,3-6H2,1-2H3,(H,15,16). The van der Waals surface area contributed by atoms with Crippen molar-refractivity contribution in [1.82, 2.24) is 4.90 Å². The summed E-state index contributed by atoms with van der Waals surface area (Å²) in [4.78, 5) is 12.4. The lowest BCUT2D eigenvalue weighted by Crippen LogP contribution is -2.47. The van der Waals surface area contributed by atoms with Crippen LogP contribution in [0.15, 0.2) is 0 Å². The zero-order chi connectivity index (χ0) is 12.6. The molecule has 1 saturated heterocycles. The number of alkyl halides is 3. The summed E-state index contributed by atoms with van der Waals surface area (Å²) in [5.74, 6) is -1.52. The van der Waals surface area contributed by atoms with Gasteiger partial charge < -0.3 is 10.0 Å². The van der Waals surface area contributed by atoms with E-state index in [1.807, 2.05) is 13.8 Å². The number of aliphatic carboxylic acids is 1. The van der Waals surface area contributed by atoms with Crippen LogP contribution in [0.2, 0.25) is 0 Å². The molecule has 1 N–H and O–H groups in total. The monoisotopic (exact) mass is 239 g/mol. The summed E-state index contributed by atoms with van der Waals surface area (Å²) >= 11 is 0. The van der Waals surface area contributed by atoms with Gasteiger partial charge >= 0.3 is 12.1 Å². The van der Waals surface area contributed by atoms with Gasteiger partial charge in [-0.1, -0.05) is 13.8 Å². The average molecular weight is 239 g/mol. The van der Waals surface area contributed by atoms with Gasteiger partial charge in [0.15, 0.2) is 5.41 Å². The predicted molar refractivity (Wildman–Crippen MR) is 52.0 cm³/mol. The molecular weight excluding hydrogens is 223 g/mol. The highest BCUT2D eigenvalue weighted by molar-refractivity contribution is 5.76. The fourth-order valence-corrected chi connectivity index (χ4v) is 2.09. The van der Waals surface area contributed by atoms with Gasteiger partial charge in [-0.3, -0.25) is 4.79 Å². The van der Waals surface area contributed by atoms with Crippen LogP contribution in [0.5, 0.6) is 0 Å². The van der Waals surface area contributed by atoms with Crippen molar-refractivity contribution in [2.45, 2.75) is 26.4 Å². The molecule has 94 valence electrons. The molecule has 1 aliphatic heterocycles. The molecule has 1 rings (SSSR count). The highest BCUT2D eigenvalue weighted by atomic mass is 19.4. The molecule has 1 heterocycles. The van der Waals surface area contributed by atoms with Gasteiger partial charge in [0.1, 0.15) is 0 Å². The highest BCUT2D eigenvalue weighted by Gasteiger charge is 2.63. The van der Waals surface area contributed by atoms with Gasteiger partial charge in [-0.2, -0.15) is 13.2 Å². The number of hydrogen-bond donors (Lipinski definition) is 1. The van der Waals surface area contributed by atoms with E-state index in [1.54, 1.807) is 4.90 Å². The minimum Gasteiger partial charge on any atom is -0.481 e. The molecule has 1 atom stereocenters.